The van der Waals surface area contributed by atoms with E-state index in [1.807, 2.05) is 6.92 Å². The van der Waals surface area contributed by atoms with Crippen LogP contribution in [0.1, 0.15) is 54.5 Å². The molecule has 0 spiro atoms. The highest BCUT2D eigenvalue weighted by Crippen LogP contribution is 2.25. The number of carbonyl (C=O) groups is 1. The van der Waals surface area contributed by atoms with Crippen LogP contribution in [-0.2, 0) is 20.6 Å². The van der Waals surface area contributed by atoms with Crippen LogP contribution in [0.25, 0.3) is 0 Å². The van der Waals surface area contributed by atoms with E-state index in [9.17, 15) is 17.6 Å². The van der Waals surface area contributed by atoms with Gasteiger partial charge in [0, 0.05) is 19.0 Å². The number of nitrogens with zero attached hydrogens (tertiary/aromatic N) is 1. The fourth-order valence-electron chi connectivity index (χ4n) is 4.18. The van der Waals surface area contributed by atoms with Gasteiger partial charge in [-0.05, 0) is 61.9 Å². The summed E-state index contributed by atoms with van der Waals surface area (Å²) in [6, 6.07) is 11.7. The largest absolute Gasteiger partial charge is 0.349 e. The lowest BCUT2D eigenvalue weighted by molar-refractivity contribution is -0.126. The molecule has 1 N–H and O–H groups in total. The van der Waals surface area contributed by atoms with Crippen LogP contribution in [0, 0.1) is 25.6 Å². The normalized spacial score (nSPS) is 16.8. The van der Waals surface area contributed by atoms with Crippen molar-refractivity contribution in [1.29, 1.82) is 0 Å². The standard InChI is InChI=1S/C24H31FN2O3S/c1-4-23(22-10-5-17(2)15-18(22)3)26-24(28)20-11-13-27(14-12-20)31(29,30)16-19-6-8-21(25)9-7-19/h5-10,15,20,23H,4,11-14,16H2,1-3H3,(H,26,28). The fraction of sp³-hybridized carbons (Fsp3) is 0.458. The molecule has 2 aromatic carbocycles. The van der Waals surface area contributed by atoms with Gasteiger partial charge in [0.25, 0.3) is 0 Å². The van der Waals surface area contributed by atoms with E-state index in [2.05, 4.69) is 37.4 Å². The predicted octanol–water partition coefficient (Wildman–Crippen LogP) is 4.25. The Morgan fingerprint density at radius 3 is 2.35 bits per heavy atom. The molecule has 1 heterocycles. The number of benzene rings is 2. The number of piperidine rings is 1. The van der Waals surface area contributed by atoms with Gasteiger partial charge in [-0.25, -0.2) is 17.1 Å². The molecule has 0 bridgehead atoms. The number of halogens is 1. The Morgan fingerprint density at radius 2 is 1.77 bits per heavy atom. The van der Waals surface area contributed by atoms with E-state index in [4.69, 9.17) is 0 Å². The van der Waals surface area contributed by atoms with E-state index in [1.165, 1.54) is 34.1 Å². The van der Waals surface area contributed by atoms with Gasteiger partial charge in [-0.2, -0.15) is 0 Å². The molecular weight excluding hydrogens is 415 g/mol. The quantitative estimate of drug-likeness (QED) is 0.691. The number of nitrogens with one attached hydrogen (secondary N) is 1. The molecule has 0 saturated carbocycles. The SMILES string of the molecule is CCC(NC(=O)C1CCN(S(=O)(=O)Cc2ccc(F)cc2)CC1)c1ccc(C)cc1C. The van der Waals surface area contributed by atoms with Crippen molar-refractivity contribution in [2.24, 2.45) is 5.92 Å². The zero-order chi connectivity index (χ0) is 22.6. The molecule has 7 heteroatoms. The lowest BCUT2D eigenvalue weighted by atomic mass is 9.94. The maximum Gasteiger partial charge on any atom is 0.223 e. The summed E-state index contributed by atoms with van der Waals surface area (Å²) in [5.41, 5.74) is 4.03. The zero-order valence-electron chi connectivity index (χ0n) is 18.4. The van der Waals surface area contributed by atoms with Crippen LogP contribution in [0.3, 0.4) is 0 Å². The molecule has 0 aromatic heterocycles. The van der Waals surface area contributed by atoms with Crippen LogP contribution in [-0.4, -0.2) is 31.7 Å². The maximum atomic E-state index is 13.1. The molecule has 3 rings (SSSR count). The smallest absolute Gasteiger partial charge is 0.223 e. The average molecular weight is 447 g/mol. The third-order valence-electron chi connectivity index (χ3n) is 6.01. The van der Waals surface area contributed by atoms with Gasteiger partial charge >= 0.3 is 0 Å². The second kappa shape index (κ2) is 9.92. The van der Waals surface area contributed by atoms with E-state index in [0.29, 0.717) is 31.5 Å². The van der Waals surface area contributed by atoms with Gasteiger partial charge in [0.15, 0.2) is 0 Å². The molecule has 2 aromatic rings. The Kier molecular flexibility index (Phi) is 7.49. The molecule has 1 atom stereocenters. The minimum Gasteiger partial charge on any atom is -0.349 e. The van der Waals surface area contributed by atoms with E-state index < -0.39 is 10.0 Å². The molecular formula is C24H31FN2O3S. The molecule has 168 valence electrons. The van der Waals surface area contributed by atoms with Crippen LogP contribution in [0.5, 0.6) is 0 Å². The van der Waals surface area contributed by atoms with Gasteiger partial charge in [-0.3, -0.25) is 4.79 Å². The van der Waals surface area contributed by atoms with E-state index >= 15 is 0 Å². The van der Waals surface area contributed by atoms with Gasteiger partial charge < -0.3 is 5.32 Å². The fourth-order valence-corrected chi connectivity index (χ4v) is 5.75. The summed E-state index contributed by atoms with van der Waals surface area (Å²) in [5.74, 6) is -0.756. The monoisotopic (exact) mass is 446 g/mol. The van der Waals surface area contributed by atoms with Crippen LogP contribution >= 0.6 is 0 Å². The topological polar surface area (TPSA) is 66.5 Å². The van der Waals surface area contributed by atoms with Gasteiger partial charge in [0.05, 0.1) is 11.8 Å². The Bertz CT molecular complexity index is 1010. The number of aryl methyl sites for hydroxylation is 2. The van der Waals surface area contributed by atoms with Crippen LogP contribution in [0.2, 0.25) is 0 Å². The average Bonchev–Trinajstić information content (AvgIpc) is 2.74. The van der Waals surface area contributed by atoms with Crippen LogP contribution < -0.4 is 5.32 Å². The Hall–Kier alpha value is -2.25. The first kappa shape index (κ1) is 23.4. The summed E-state index contributed by atoms with van der Waals surface area (Å²) >= 11 is 0. The Labute approximate surface area is 184 Å². The van der Waals surface area contributed by atoms with Crippen molar-refractivity contribution in [3.63, 3.8) is 0 Å². The first-order chi connectivity index (χ1) is 14.7. The number of hydrogen-bond donors (Lipinski definition) is 1. The van der Waals surface area contributed by atoms with Crippen molar-refractivity contribution in [1.82, 2.24) is 9.62 Å². The van der Waals surface area contributed by atoms with Crippen molar-refractivity contribution >= 4 is 15.9 Å². The molecule has 1 fully saturated rings. The van der Waals surface area contributed by atoms with Gasteiger partial charge in [0.2, 0.25) is 15.9 Å². The summed E-state index contributed by atoms with van der Waals surface area (Å²) in [4.78, 5) is 12.9. The third kappa shape index (κ3) is 5.92. The van der Waals surface area contributed by atoms with Crippen molar-refractivity contribution < 1.29 is 17.6 Å². The van der Waals surface area contributed by atoms with Crippen molar-refractivity contribution in [2.75, 3.05) is 13.1 Å². The minimum atomic E-state index is -3.50. The first-order valence-electron chi connectivity index (χ1n) is 10.8. The molecule has 1 unspecified atom stereocenters. The Morgan fingerprint density at radius 1 is 1.13 bits per heavy atom. The van der Waals surface area contributed by atoms with Gasteiger partial charge in [0.1, 0.15) is 5.82 Å². The second-order valence-electron chi connectivity index (χ2n) is 8.39. The molecule has 0 aliphatic carbocycles. The van der Waals surface area contributed by atoms with E-state index in [1.54, 1.807) is 0 Å². The molecule has 31 heavy (non-hydrogen) atoms. The summed E-state index contributed by atoms with van der Waals surface area (Å²) in [7, 11) is -3.50. The minimum absolute atomic E-state index is 0.0117. The molecule has 5 nitrogen and oxygen atoms in total. The molecule has 1 amide bonds. The third-order valence-corrected chi connectivity index (χ3v) is 7.86. The Balaban J connectivity index is 1.58. The number of sulfonamides is 1. The summed E-state index contributed by atoms with van der Waals surface area (Å²) in [5, 5.41) is 3.17. The lowest BCUT2D eigenvalue weighted by Crippen LogP contribution is -2.44. The number of amides is 1. The highest BCUT2D eigenvalue weighted by molar-refractivity contribution is 7.88. The van der Waals surface area contributed by atoms with Gasteiger partial charge in [-0.1, -0.05) is 42.8 Å². The van der Waals surface area contributed by atoms with Crippen molar-refractivity contribution in [2.45, 2.75) is 51.8 Å². The summed E-state index contributed by atoms with van der Waals surface area (Å²) in [6.07, 6.45) is 1.79. The zero-order valence-corrected chi connectivity index (χ0v) is 19.2. The van der Waals surface area contributed by atoms with E-state index in [-0.39, 0.29) is 29.4 Å². The maximum absolute atomic E-state index is 13.1. The lowest BCUT2D eigenvalue weighted by Gasteiger charge is -2.31. The van der Waals surface area contributed by atoms with E-state index in [0.717, 1.165) is 17.5 Å². The van der Waals surface area contributed by atoms with Crippen molar-refractivity contribution in [3.8, 4) is 0 Å². The summed E-state index contributed by atoms with van der Waals surface area (Å²) < 4.78 is 39.9. The molecule has 1 aliphatic rings. The highest BCUT2D eigenvalue weighted by Gasteiger charge is 2.32. The van der Waals surface area contributed by atoms with Gasteiger partial charge in [-0.15, -0.1) is 0 Å². The van der Waals surface area contributed by atoms with Crippen LogP contribution in [0.4, 0.5) is 4.39 Å². The predicted molar refractivity (Wildman–Crippen MR) is 120 cm³/mol. The van der Waals surface area contributed by atoms with Crippen LogP contribution in [0.15, 0.2) is 42.5 Å². The molecule has 1 saturated heterocycles. The first-order valence-corrected chi connectivity index (χ1v) is 12.4. The number of carbonyl (C=O) groups excluding carboxylic acids is 1. The highest BCUT2D eigenvalue weighted by atomic mass is 32.2. The molecule has 1 aliphatic heterocycles. The summed E-state index contributed by atoms with van der Waals surface area (Å²) in [6.45, 7) is 6.80. The molecule has 0 radical (unpaired) electrons. The number of hydrogen-bond acceptors (Lipinski definition) is 3. The second-order valence-corrected chi connectivity index (χ2v) is 10.4. The van der Waals surface area contributed by atoms with Crippen molar-refractivity contribution in [3.05, 3.63) is 70.5 Å². The number of rotatable bonds is 7.